The third-order valence-electron chi connectivity index (χ3n) is 2.75. The Hall–Kier alpha value is -1.70. The lowest BCUT2D eigenvalue weighted by Crippen LogP contribution is -2.46. The number of nitrogens with one attached hydrogen (secondary N) is 2. The molecule has 0 aliphatic rings. The zero-order valence-corrected chi connectivity index (χ0v) is 13.4. The van der Waals surface area contributed by atoms with Crippen molar-refractivity contribution in [2.75, 3.05) is 0 Å². The Bertz CT molecular complexity index is 789. The van der Waals surface area contributed by atoms with Gasteiger partial charge in [-0.15, -0.1) is 0 Å². The number of aryl methyl sites for hydroxylation is 1. The summed E-state index contributed by atoms with van der Waals surface area (Å²) in [6.07, 6.45) is 1.14. The number of aromatic amines is 1. The van der Waals surface area contributed by atoms with Crippen LogP contribution in [0.4, 0.5) is 0 Å². The van der Waals surface area contributed by atoms with Crippen LogP contribution < -0.4 is 16.6 Å². The summed E-state index contributed by atoms with van der Waals surface area (Å²) in [5.74, 6) is -0.703. The molecule has 0 aromatic carbocycles. The summed E-state index contributed by atoms with van der Waals surface area (Å²) in [6, 6.07) is 2.92. The van der Waals surface area contributed by atoms with Gasteiger partial charge in [-0.1, -0.05) is 34.8 Å². The van der Waals surface area contributed by atoms with Crippen LogP contribution in [-0.2, 0) is 0 Å². The van der Waals surface area contributed by atoms with Crippen LogP contribution in [0.2, 0.25) is 0 Å². The molecule has 2 aromatic heterocycles. The molecular formula is C12H10Cl3N3O4. The summed E-state index contributed by atoms with van der Waals surface area (Å²) in [7, 11) is 0. The molecule has 22 heavy (non-hydrogen) atoms. The quantitative estimate of drug-likeness (QED) is 0.809. The summed E-state index contributed by atoms with van der Waals surface area (Å²) in [5, 5.41) is 2.38. The molecule has 2 N–H and O–H groups in total. The monoisotopic (exact) mass is 365 g/mol. The number of alkyl halides is 3. The summed E-state index contributed by atoms with van der Waals surface area (Å²) in [6.45, 7) is 1.47. The number of furan rings is 1. The molecule has 2 heterocycles. The molecule has 0 unspecified atom stereocenters. The van der Waals surface area contributed by atoms with Gasteiger partial charge < -0.3 is 9.73 Å². The lowest BCUT2D eigenvalue weighted by Gasteiger charge is -2.26. The van der Waals surface area contributed by atoms with Crippen molar-refractivity contribution in [1.82, 2.24) is 14.9 Å². The molecule has 0 aliphatic heterocycles. The Balaban J connectivity index is 2.44. The van der Waals surface area contributed by atoms with Gasteiger partial charge in [0.05, 0.1) is 6.26 Å². The van der Waals surface area contributed by atoms with E-state index in [4.69, 9.17) is 39.2 Å². The fourth-order valence-electron chi connectivity index (χ4n) is 1.69. The van der Waals surface area contributed by atoms with Crippen molar-refractivity contribution in [3.8, 4) is 0 Å². The third-order valence-corrected chi connectivity index (χ3v) is 3.37. The van der Waals surface area contributed by atoms with Gasteiger partial charge in [-0.05, 0) is 19.1 Å². The fourth-order valence-corrected chi connectivity index (χ4v) is 2.17. The minimum Gasteiger partial charge on any atom is -0.459 e. The van der Waals surface area contributed by atoms with Crippen molar-refractivity contribution in [2.24, 2.45) is 0 Å². The molecule has 0 bridgehead atoms. The minimum absolute atomic E-state index is 0.0200. The van der Waals surface area contributed by atoms with E-state index in [1.807, 2.05) is 0 Å². The van der Waals surface area contributed by atoms with Crippen molar-refractivity contribution >= 4 is 40.7 Å². The molecule has 118 valence electrons. The van der Waals surface area contributed by atoms with Gasteiger partial charge in [-0.25, -0.2) is 4.79 Å². The second kappa shape index (κ2) is 6.20. The number of hydrogen-bond donors (Lipinski definition) is 2. The number of amides is 1. The number of rotatable bonds is 3. The van der Waals surface area contributed by atoms with Crippen LogP contribution >= 0.6 is 34.8 Å². The molecule has 2 aromatic rings. The molecule has 7 nitrogen and oxygen atoms in total. The molecule has 2 rings (SSSR count). The number of aromatic nitrogens is 2. The van der Waals surface area contributed by atoms with E-state index in [9.17, 15) is 14.4 Å². The van der Waals surface area contributed by atoms with Crippen LogP contribution in [-0.4, -0.2) is 19.3 Å². The Morgan fingerprint density at radius 2 is 2.09 bits per heavy atom. The molecule has 0 saturated heterocycles. The van der Waals surface area contributed by atoms with Gasteiger partial charge in [0, 0.05) is 11.8 Å². The van der Waals surface area contributed by atoms with Crippen LogP contribution in [0.3, 0.4) is 0 Å². The first-order valence-corrected chi connectivity index (χ1v) is 7.06. The Morgan fingerprint density at radius 3 is 2.64 bits per heavy atom. The SMILES string of the molecule is Cc1cn([C@@H](NC(=O)c2ccco2)C(Cl)(Cl)Cl)c(=O)[nH]c1=O. The van der Waals surface area contributed by atoms with Gasteiger partial charge >= 0.3 is 5.69 Å². The molecule has 0 radical (unpaired) electrons. The Morgan fingerprint density at radius 1 is 1.41 bits per heavy atom. The summed E-state index contributed by atoms with van der Waals surface area (Å²) >= 11 is 17.5. The molecular weight excluding hydrogens is 357 g/mol. The maximum Gasteiger partial charge on any atom is 0.330 e. The highest BCUT2D eigenvalue weighted by Crippen LogP contribution is 2.36. The van der Waals surface area contributed by atoms with E-state index in [2.05, 4.69) is 10.3 Å². The number of carbonyl (C=O) groups excluding carboxylic acids is 1. The lowest BCUT2D eigenvalue weighted by atomic mass is 10.3. The van der Waals surface area contributed by atoms with Crippen molar-refractivity contribution in [1.29, 1.82) is 0 Å². The zero-order chi connectivity index (χ0) is 16.5. The second-order valence-corrected chi connectivity index (χ2v) is 6.74. The van der Waals surface area contributed by atoms with Gasteiger partial charge in [-0.3, -0.25) is 19.1 Å². The van der Waals surface area contributed by atoms with Crippen LogP contribution in [0.15, 0.2) is 38.6 Å². The normalized spacial score (nSPS) is 12.9. The molecule has 0 aliphatic carbocycles. The van der Waals surface area contributed by atoms with Crippen molar-refractivity contribution < 1.29 is 9.21 Å². The third kappa shape index (κ3) is 3.55. The fraction of sp³-hybridized carbons (Fsp3) is 0.250. The number of nitrogens with zero attached hydrogens (tertiary/aromatic N) is 1. The summed E-state index contributed by atoms with van der Waals surface area (Å²) in [4.78, 5) is 37.4. The van der Waals surface area contributed by atoms with Gasteiger partial charge in [0.25, 0.3) is 11.5 Å². The maximum absolute atomic E-state index is 12.0. The predicted molar refractivity (Wildman–Crippen MR) is 81.6 cm³/mol. The number of H-pyrrole nitrogens is 1. The molecule has 0 saturated carbocycles. The minimum atomic E-state index is -2.04. The van der Waals surface area contributed by atoms with Crippen LogP contribution in [0.5, 0.6) is 0 Å². The first-order valence-electron chi connectivity index (χ1n) is 5.93. The molecule has 10 heteroatoms. The highest BCUT2D eigenvalue weighted by atomic mass is 35.6. The van der Waals surface area contributed by atoms with E-state index in [0.29, 0.717) is 0 Å². The zero-order valence-electron chi connectivity index (χ0n) is 11.1. The first-order chi connectivity index (χ1) is 10.2. The van der Waals surface area contributed by atoms with E-state index < -0.39 is 27.1 Å². The molecule has 1 amide bonds. The van der Waals surface area contributed by atoms with E-state index >= 15 is 0 Å². The van der Waals surface area contributed by atoms with E-state index in [-0.39, 0.29) is 11.3 Å². The predicted octanol–water partition coefficient (Wildman–Crippen LogP) is 1.74. The number of carbonyl (C=O) groups is 1. The number of halogens is 3. The van der Waals surface area contributed by atoms with Gasteiger partial charge in [0.1, 0.15) is 0 Å². The highest BCUT2D eigenvalue weighted by molar-refractivity contribution is 6.67. The van der Waals surface area contributed by atoms with Crippen LogP contribution in [0, 0.1) is 6.92 Å². The van der Waals surface area contributed by atoms with Gasteiger partial charge in [0.2, 0.25) is 3.79 Å². The average Bonchev–Trinajstić information content (AvgIpc) is 2.93. The average molecular weight is 367 g/mol. The largest absolute Gasteiger partial charge is 0.459 e. The van der Waals surface area contributed by atoms with E-state index in [0.717, 1.165) is 4.57 Å². The van der Waals surface area contributed by atoms with Crippen molar-refractivity contribution in [3.05, 3.63) is 56.8 Å². The topological polar surface area (TPSA) is 97.1 Å². The number of hydrogen-bond acceptors (Lipinski definition) is 4. The molecule has 0 spiro atoms. The van der Waals surface area contributed by atoms with Gasteiger partial charge in [-0.2, -0.15) is 0 Å². The van der Waals surface area contributed by atoms with Gasteiger partial charge in [0.15, 0.2) is 11.9 Å². The molecule has 1 atom stereocenters. The van der Waals surface area contributed by atoms with Crippen LogP contribution in [0.1, 0.15) is 22.3 Å². The molecule has 0 fully saturated rings. The standard InChI is InChI=1S/C12H10Cl3N3O4/c1-6-5-18(11(21)17-8(6)19)10(12(13,14)15)16-9(20)7-3-2-4-22-7/h2-5,10H,1H3,(H,16,20)(H,17,19,21)/t10-/m1/s1. The summed E-state index contributed by atoms with van der Waals surface area (Å²) < 4.78 is 3.81. The Labute approximate surface area is 138 Å². The van der Waals surface area contributed by atoms with Crippen molar-refractivity contribution in [2.45, 2.75) is 16.9 Å². The Kier molecular flexibility index (Phi) is 4.69. The summed E-state index contributed by atoms with van der Waals surface area (Å²) in [5.41, 5.74) is -1.18. The maximum atomic E-state index is 12.0. The second-order valence-electron chi connectivity index (χ2n) is 4.37. The van der Waals surface area contributed by atoms with E-state index in [1.165, 1.54) is 31.5 Å². The van der Waals surface area contributed by atoms with E-state index in [1.54, 1.807) is 0 Å². The smallest absolute Gasteiger partial charge is 0.330 e. The van der Waals surface area contributed by atoms with Crippen LogP contribution in [0.25, 0.3) is 0 Å². The van der Waals surface area contributed by atoms with Crippen molar-refractivity contribution in [3.63, 3.8) is 0 Å². The first kappa shape index (κ1) is 16.7. The highest BCUT2D eigenvalue weighted by Gasteiger charge is 2.37. The lowest BCUT2D eigenvalue weighted by molar-refractivity contribution is 0.0890.